The van der Waals surface area contributed by atoms with Crippen molar-refractivity contribution < 1.29 is 23.9 Å². The molecule has 7 heteroatoms. The van der Waals surface area contributed by atoms with Crippen LogP contribution < -0.4 is 9.64 Å². The molecule has 1 saturated heterocycles. The maximum absolute atomic E-state index is 12.8. The Bertz CT molecular complexity index is 669. The Morgan fingerprint density at radius 2 is 1.92 bits per heavy atom. The molecule has 1 fully saturated rings. The molecule has 2 amide bonds. The highest BCUT2D eigenvalue weighted by atomic mass is 16.5. The lowest BCUT2D eigenvalue weighted by Gasteiger charge is -2.35. The number of fused-ring (bicyclic) bond motifs is 1. The van der Waals surface area contributed by atoms with Crippen LogP contribution in [-0.4, -0.2) is 55.5 Å². The van der Waals surface area contributed by atoms with Gasteiger partial charge in [0.15, 0.2) is 6.10 Å². The van der Waals surface area contributed by atoms with Crippen molar-refractivity contribution in [2.24, 2.45) is 0 Å². The first-order chi connectivity index (χ1) is 12.1. The number of nitrogens with zero attached hydrogens (tertiary/aromatic N) is 2. The number of esters is 1. The standard InChI is InChI=1S/C18H22N2O5/c1-24-17(22)11-15-18(23)20(13-7-3-4-8-14(13)25-15)12-16(21)19-9-5-2-6-10-19/h3-4,7-8,15H,2,5-6,9-12H2,1H3/t15-/m0/s1. The summed E-state index contributed by atoms with van der Waals surface area (Å²) >= 11 is 0. The second kappa shape index (κ2) is 7.55. The summed E-state index contributed by atoms with van der Waals surface area (Å²) in [5, 5.41) is 0. The Hall–Kier alpha value is -2.57. The zero-order valence-corrected chi connectivity index (χ0v) is 14.3. The predicted octanol–water partition coefficient (Wildman–Crippen LogP) is 1.36. The van der Waals surface area contributed by atoms with Crippen molar-refractivity contribution in [2.75, 3.05) is 31.6 Å². The molecule has 0 N–H and O–H groups in total. The summed E-state index contributed by atoms with van der Waals surface area (Å²) in [5.41, 5.74) is 0.555. The highest BCUT2D eigenvalue weighted by Gasteiger charge is 2.37. The van der Waals surface area contributed by atoms with Crippen LogP contribution in [0.2, 0.25) is 0 Å². The van der Waals surface area contributed by atoms with Gasteiger partial charge in [-0.1, -0.05) is 12.1 Å². The Morgan fingerprint density at radius 3 is 2.64 bits per heavy atom. The number of likely N-dealkylation sites (tertiary alicyclic amines) is 1. The summed E-state index contributed by atoms with van der Waals surface area (Å²) in [6.07, 6.45) is 1.95. The van der Waals surface area contributed by atoms with E-state index >= 15 is 0 Å². The molecule has 25 heavy (non-hydrogen) atoms. The van der Waals surface area contributed by atoms with Crippen LogP contribution in [0.4, 0.5) is 5.69 Å². The van der Waals surface area contributed by atoms with E-state index in [2.05, 4.69) is 4.74 Å². The minimum atomic E-state index is -0.975. The number of benzene rings is 1. The number of para-hydroxylation sites is 2. The average molecular weight is 346 g/mol. The molecule has 0 radical (unpaired) electrons. The fraction of sp³-hybridized carbons (Fsp3) is 0.500. The van der Waals surface area contributed by atoms with E-state index in [1.165, 1.54) is 12.0 Å². The molecule has 0 aliphatic carbocycles. The van der Waals surface area contributed by atoms with E-state index in [9.17, 15) is 14.4 Å². The smallest absolute Gasteiger partial charge is 0.309 e. The van der Waals surface area contributed by atoms with E-state index in [4.69, 9.17) is 4.74 Å². The maximum atomic E-state index is 12.8. The molecular weight excluding hydrogens is 324 g/mol. The van der Waals surface area contributed by atoms with Crippen molar-refractivity contribution in [3.8, 4) is 5.75 Å². The maximum Gasteiger partial charge on any atom is 0.309 e. The number of carbonyl (C=O) groups is 3. The van der Waals surface area contributed by atoms with Gasteiger partial charge in [-0.3, -0.25) is 19.3 Å². The summed E-state index contributed by atoms with van der Waals surface area (Å²) < 4.78 is 10.3. The van der Waals surface area contributed by atoms with E-state index in [0.717, 1.165) is 32.4 Å². The SMILES string of the molecule is COC(=O)C[C@@H]1Oc2ccccc2N(CC(=O)N2CCCCC2)C1=O. The average Bonchev–Trinajstić information content (AvgIpc) is 2.65. The van der Waals surface area contributed by atoms with Crippen LogP contribution in [0.3, 0.4) is 0 Å². The van der Waals surface area contributed by atoms with Crippen molar-refractivity contribution in [1.29, 1.82) is 0 Å². The minimum Gasteiger partial charge on any atom is -0.478 e. The molecular formula is C18H22N2O5. The fourth-order valence-electron chi connectivity index (χ4n) is 3.18. The lowest BCUT2D eigenvalue weighted by atomic mass is 10.1. The molecule has 134 valence electrons. The number of carbonyl (C=O) groups excluding carboxylic acids is 3. The van der Waals surface area contributed by atoms with Crippen LogP contribution in [0, 0.1) is 0 Å². The van der Waals surface area contributed by atoms with Crippen LogP contribution in [0.5, 0.6) is 5.75 Å². The van der Waals surface area contributed by atoms with Crippen molar-refractivity contribution in [3.05, 3.63) is 24.3 Å². The summed E-state index contributed by atoms with van der Waals surface area (Å²) in [7, 11) is 1.27. The molecule has 0 aromatic heterocycles. The second-order valence-electron chi connectivity index (χ2n) is 6.22. The number of hydrogen-bond donors (Lipinski definition) is 0. The predicted molar refractivity (Wildman–Crippen MR) is 90.3 cm³/mol. The van der Waals surface area contributed by atoms with Gasteiger partial charge in [0.25, 0.3) is 5.91 Å². The third-order valence-electron chi connectivity index (χ3n) is 4.55. The van der Waals surface area contributed by atoms with Gasteiger partial charge in [0, 0.05) is 13.1 Å². The Balaban J connectivity index is 1.80. The molecule has 2 aliphatic rings. The first kappa shape index (κ1) is 17.3. The van der Waals surface area contributed by atoms with Crippen molar-refractivity contribution in [2.45, 2.75) is 31.8 Å². The van der Waals surface area contributed by atoms with Gasteiger partial charge in [0.05, 0.1) is 19.2 Å². The van der Waals surface area contributed by atoms with Gasteiger partial charge in [-0.15, -0.1) is 0 Å². The first-order valence-corrected chi connectivity index (χ1v) is 8.52. The third-order valence-corrected chi connectivity index (χ3v) is 4.55. The Labute approximate surface area is 146 Å². The molecule has 2 aliphatic heterocycles. The number of ether oxygens (including phenoxy) is 2. The third kappa shape index (κ3) is 3.75. The van der Waals surface area contributed by atoms with Crippen molar-refractivity contribution in [1.82, 2.24) is 4.90 Å². The topological polar surface area (TPSA) is 76.2 Å². The number of piperidine rings is 1. The van der Waals surface area contributed by atoms with E-state index in [0.29, 0.717) is 11.4 Å². The normalized spacial score (nSPS) is 19.9. The molecule has 0 saturated carbocycles. The summed E-state index contributed by atoms with van der Waals surface area (Å²) in [6, 6.07) is 7.04. The highest BCUT2D eigenvalue weighted by molar-refractivity contribution is 6.05. The number of amides is 2. The fourth-order valence-corrected chi connectivity index (χ4v) is 3.18. The van der Waals surface area contributed by atoms with Gasteiger partial charge in [0.2, 0.25) is 5.91 Å². The van der Waals surface area contributed by atoms with Crippen molar-refractivity contribution in [3.63, 3.8) is 0 Å². The van der Waals surface area contributed by atoms with Crippen LogP contribution >= 0.6 is 0 Å². The molecule has 7 nitrogen and oxygen atoms in total. The molecule has 3 rings (SSSR count). The Kier molecular flexibility index (Phi) is 5.21. The lowest BCUT2D eigenvalue weighted by Crippen LogP contribution is -2.51. The largest absolute Gasteiger partial charge is 0.478 e. The van der Waals surface area contributed by atoms with Crippen LogP contribution in [0.25, 0.3) is 0 Å². The number of rotatable bonds is 4. The van der Waals surface area contributed by atoms with Crippen LogP contribution in [0.15, 0.2) is 24.3 Å². The lowest BCUT2D eigenvalue weighted by molar-refractivity contribution is -0.145. The molecule has 1 aromatic carbocycles. The summed E-state index contributed by atoms with van der Waals surface area (Å²) in [5.74, 6) is -0.515. The molecule has 0 spiro atoms. The first-order valence-electron chi connectivity index (χ1n) is 8.52. The van der Waals surface area contributed by atoms with Gasteiger partial charge in [-0.25, -0.2) is 0 Å². The van der Waals surface area contributed by atoms with E-state index < -0.39 is 18.0 Å². The van der Waals surface area contributed by atoms with Crippen LogP contribution in [0.1, 0.15) is 25.7 Å². The summed E-state index contributed by atoms with van der Waals surface area (Å²) in [4.78, 5) is 40.2. The Morgan fingerprint density at radius 1 is 1.20 bits per heavy atom. The zero-order chi connectivity index (χ0) is 17.8. The van der Waals surface area contributed by atoms with Crippen LogP contribution in [-0.2, 0) is 19.1 Å². The highest BCUT2D eigenvalue weighted by Crippen LogP contribution is 2.34. The second-order valence-corrected chi connectivity index (χ2v) is 6.22. The summed E-state index contributed by atoms with van der Waals surface area (Å²) in [6.45, 7) is 1.41. The van der Waals surface area contributed by atoms with Gasteiger partial charge in [-0.2, -0.15) is 0 Å². The number of methoxy groups -OCH3 is 1. The van der Waals surface area contributed by atoms with Gasteiger partial charge >= 0.3 is 5.97 Å². The molecule has 2 heterocycles. The van der Waals surface area contributed by atoms with Gasteiger partial charge in [0.1, 0.15) is 12.3 Å². The number of anilines is 1. The molecule has 0 unspecified atom stereocenters. The van der Waals surface area contributed by atoms with Crippen molar-refractivity contribution >= 4 is 23.5 Å². The molecule has 1 atom stereocenters. The van der Waals surface area contributed by atoms with Gasteiger partial charge < -0.3 is 14.4 Å². The van der Waals surface area contributed by atoms with Gasteiger partial charge in [-0.05, 0) is 31.4 Å². The van der Waals surface area contributed by atoms with E-state index in [1.807, 2.05) is 0 Å². The van der Waals surface area contributed by atoms with E-state index in [1.54, 1.807) is 29.2 Å². The molecule has 1 aromatic rings. The quantitative estimate of drug-likeness (QED) is 0.770. The zero-order valence-electron chi connectivity index (χ0n) is 14.3. The monoisotopic (exact) mass is 346 g/mol. The minimum absolute atomic E-state index is 0.0448. The van der Waals surface area contributed by atoms with E-state index in [-0.39, 0.29) is 18.9 Å². The number of hydrogen-bond acceptors (Lipinski definition) is 5. The molecule has 0 bridgehead atoms.